The molecular weight excluding hydrogens is 212 g/mol. The predicted molar refractivity (Wildman–Crippen MR) is 71.2 cm³/mol. The first kappa shape index (κ1) is 13.3. The monoisotopic (exact) mass is 240 g/mol. The Bertz CT molecular complexity index is 265. The van der Waals surface area contributed by atoms with Gasteiger partial charge in [0.1, 0.15) is 0 Å². The van der Waals surface area contributed by atoms with Gasteiger partial charge in [-0.25, -0.2) is 0 Å². The highest BCUT2D eigenvalue weighted by atomic mass is 16.5. The van der Waals surface area contributed by atoms with Gasteiger partial charge in [-0.05, 0) is 52.1 Å². The lowest BCUT2D eigenvalue weighted by molar-refractivity contribution is -0.0533. The fourth-order valence-electron chi connectivity index (χ4n) is 3.61. The molecule has 100 valence electrons. The number of nitrogens with zero attached hydrogens (tertiary/aromatic N) is 1. The van der Waals surface area contributed by atoms with Crippen molar-refractivity contribution in [2.45, 2.75) is 51.8 Å². The van der Waals surface area contributed by atoms with Gasteiger partial charge in [0.05, 0.1) is 5.60 Å². The van der Waals surface area contributed by atoms with Gasteiger partial charge in [0.15, 0.2) is 0 Å². The first-order chi connectivity index (χ1) is 8.01. The number of nitrogens with one attached hydrogen (secondary N) is 1. The van der Waals surface area contributed by atoms with Crippen molar-refractivity contribution < 1.29 is 4.74 Å². The Kier molecular flexibility index (Phi) is 3.81. The van der Waals surface area contributed by atoms with E-state index in [4.69, 9.17) is 4.74 Å². The van der Waals surface area contributed by atoms with E-state index in [0.29, 0.717) is 6.04 Å². The molecule has 4 unspecified atom stereocenters. The molecule has 1 N–H and O–H groups in total. The molecule has 0 bridgehead atoms. The molecule has 0 saturated carbocycles. The Morgan fingerprint density at radius 2 is 2.12 bits per heavy atom. The molecule has 0 spiro atoms. The second-order valence-electron chi connectivity index (χ2n) is 6.24. The number of ether oxygens (including phenoxy) is 1. The van der Waals surface area contributed by atoms with Crippen molar-refractivity contribution in [2.75, 3.05) is 26.7 Å². The van der Waals surface area contributed by atoms with Crippen LogP contribution >= 0.6 is 0 Å². The minimum atomic E-state index is -0.0561. The zero-order valence-corrected chi connectivity index (χ0v) is 12.0. The Balaban J connectivity index is 2.11. The maximum atomic E-state index is 5.67. The number of methoxy groups -OCH3 is 1. The van der Waals surface area contributed by atoms with Crippen molar-refractivity contribution in [2.24, 2.45) is 11.8 Å². The van der Waals surface area contributed by atoms with Crippen LogP contribution in [-0.4, -0.2) is 49.3 Å². The lowest BCUT2D eigenvalue weighted by Gasteiger charge is -2.41. The van der Waals surface area contributed by atoms with Crippen molar-refractivity contribution in [3.63, 3.8) is 0 Å². The van der Waals surface area contributed by atoms with Gasteiger partial charge in [0.25, 0.3) is 0 Å². The normalized spacial score (nSPS) is 36.2. The molecule has 2 aliphatic rings. The summed E-state index contributed by atoms with van der Waals surface area (Å²) >= 11 is 0. The van der Waals surface area contributed by atoms with E-state index in [2.05, 4.69) is 37.9 Å². The van der Waals surface area contributed by atoms with E-state index >= 15 is 0 Å². The molecule has 17 heavy (non-hydrogen) atoms. The lowest BCUT2D eigenvalue weighted by atomic mass is 9.92. The van der Waals surface area contributed by atoms with Crippen molar-refractivity contribution >= 4 is 0 Å². The van der Waals surface area contributed by atoms with Crippen LogP contribution in [0, 0.1) is 11.8 Å². The molecule has 2 heterocycles. The smallest absolute Gasteiger partial charge is 0.0774 e. The maximum Gasteiger partial charge on any atom is 0.0774 e. The summed E-state index contributed by atoms with van der Waals surface area (Å²) in [4.78, 5) is 2.69. The van der Waals surface area contributed by atoms with Crippen LogP contribution in [0.5, 0.6) is 0 Å². The van der Waals surface area contributed by atoms with Gasteiger partial charge in [-0.15, -0.1) is 0 Å². The van der Waals surface area contributed by atoms with E-state index in [9.17, 15) is 0 Å². The van der Waals surface area contributed by atoms with Gasteiger partial charge in [0, 0.05) is 25.7 Å². The second kappa shape index (κ2) is 4.87. The van der Waals surface area contributed by atoms with Crippen LogP contribution in [0.2, 0.25) is 0 Å². The Morgan fingerprint density at radius 3 is 2.71 bits per heavy atom. The molecule has 0 aromatic carbocycles. The highest BCUT2D eigenvalue weighted by Crippen LogP contribution is 2.37. The molecule has 2 saturated heterocycles. The predicted octanol–water partition coefficient (Wildman–Crippen LogP) is 1.73. The summed E-state index contributed by atoms with van der Waals surface area (Å²) in [5.74, 6) is 1.71. The van der Waals surface area contributed by atoms with Gasteiger partial charge in [-0.3, -0.25) is 4.90 Å². The third kappa shape index (κ3) is 2.25. The van der Waals surface area contributed by atoms with Crippen LogP contribution in [0.4, 0.5) is 0 Å². The lowest BCUT2D eigenvalue weighted by Crippen LogP contribution is -2.51. The summed E-state index contributed by atoms with van der Waals surface area (Å²) in [5.41, 5.74) is -0.0561. The number of likely N-dealkylation sites (tertiary alicyclic amines) is 1. The highest BCUT2D eigenvalue weighted by molar-refractivity contribution is 5.01. The zero-order valence-electron chi connectivity index (χ0n) is 12.0. The molecule has 0 aromatic heterocycles. The summed E-state index contributed by atoms with van der Waals surface area (Å²) < 4.78 is 5.67. The van der Waals surface area contributed by atoms with Crippen molar-refractivity contribution in [3.05, 3.63) is 0 Å². The van der Waals surface area contributed by atoms with E-state index in [1.807, 2.05) is 7.11 Å². The van der Waals surface area contributed by atoms with Crippen LogP contribution in [0.1, 0.15) is 34.1 Å². The van der Waals surface area contributed by atoms with Crippen molar-refractivity contribution in [1.29, 1.82) is 0 Å². The average Bonchev–Trinajstić information content (AvgIpc) is 2.87. The molecule has 4 atom stereocenters. The Hall–Kier alpha value is -0.120. The van der Waals surface area contributed by atoms with Gasteiger partial charge < -0.3 is 10.1 Å². The number of hydrogen-bond acceptors (Lipinski definition) is 3. The molecule has 0 amide bonds. The standard InChI is InChI=1S/C14H28N2O/c1-6-13-12-8-15-7-11(12)9-16(13)10(2)14(3,4)17-5/h10-13,15H,6-9H2,1-5H3. The minimum Gasteiger partial charge on any atom is -0.377 e. The zero-order chi connectivity index (χ0) is 12.6. The summed E-state index contributed by atoms with van der Waals surface area (Å²) in [7, 11) is 1.83. The van der Waals surface area contributed by atoms with Crippen LogP contribution in [0.15, 0.2) is 0 Å². The van der Waals surface area contributed by atoms with E-state index in [-0.39, 0.29) is 5.60 Å². The molecule has 0 aliphatic carbocycles. The van der Waals surface area contributed by atoms with Gasteiger partial charge in [-0.2, -0.15) is 0 Å². The average molecular weight is 240 g/mol. The molecule has 2 rings (SSSR count). The van der Waals surface area contributed by atoms with Gasteiger partial charge in [0.2, 0.25) is 0 Å². The van der Waals surface area contributed by atoms with Crippen LogP contribution in [-0.2, 0) is 4.74 Å². The summed E-state index contributed by atoms with van der Waals surface area (Å²) in [5, 5.41) is 3.54. The van der Waals surface area contributed by atoms with Crippen LogP contribution in [0.25, 0.3) is 0 Å². The van der Waals surface area contributed by atoms with E-state index in [0.717, 1.165) is 17.9 Å². The molecular formula is C14H28N2O. The summed E-state index contributed by atoms with van der Waals surface area (Å²) in [6.45, 7) is 12.7. The van der Waals surface area contributed by atoms with E-state index in [1.54, 1.807) is 0 Å². The molecule has 3 nitrogen and oxygen atoms in total. The van der Waals surface area contributed by atoms with Crippen molar-refractivity contribution in [1.82, 2.24) is 10.2 Å². The van der Waals surface area contributed by atoms with E-state index < -0.39 is 0 Å². The van der Waals surface area contributed by atoms with Gasteiger partial charge in [-0.1, -0.05) is 6.92 Å². The SMILES string of the molecule is CCC1C2CNCC2CN1C(C)C(C)(C)OC. The molecule has 0 radical (unpaired) electrons. The molecule has 3 heteroatoms. The number of hydrogen-bond donors (Lipinski definition) is 1. The molecule has 2 fully saturated rings. The largest absolute Gasteiger partial charge is 0.377 e. The number of rotatable bonds is 4. The van der Waals surface area contributed by atoms with Crippen LogP contribution < -0.4 is 5.32 Å². The first-order valence-corrected chi connectivity index (χ1v) is 7.02. The highest BCUT2D eigenvalue weighted by Gasteiger charge is 2.47. The Morgan fingerprint density at radius 1 is 1.41 bits per heavy atom. The number of fused-ring (bicyclic) bond motifs is 1. The van der Waals surface area contributed by atoms with Gasteiger partial charge >= 0.3 is 0 Å². The molecule has 0 aromatic rings. The topological polar surface area (TPSA) is 24.5 Å². The third-order valence-corrected chi connectivity index (χ3v) is 5.21. The maximum absolute atomic E-state index is 5.67. The minimum absolute atomic E-state index is 0.0561. The second-order valence-corrected chi connectivity index (χ2v) is 6.24. The van der Waals surface area contributed by atoms with Crippen LogP contribution in [0.3, 0.4) is 0 Å². The van der Waals surface area contributed by atoms with Crippen molar-refractivity contribution in [3.8, 4) is 0 Å². The quantitative estimate of drug-likeness (QED) is 0.810. The fraction of sp³-hybridized carbons (Fsp3) is 1.00. The first-order valence-electron chi connectivity index (χ1n) is 7.02. The Labute approximate surface area is 106 Å². The summed E-state index contributed by atoms with van der Waals surface area (Å²) in [6, 6.07) is 1.22. The summed E-state index contributed by atoms with van der Waals surface area (Å²) in [6.07, 6.45) is 1.26. The molecule has 2 aliphatic heterocycles. The fourth-order valence-corrected chi connectivity index (χ4v) is 3.61. The van der Waals surface area contributed by atoms with E-state index in [1.165, 1.54) is 26.1 Å². The third-order valence-electron chi connectivity index (χ3n) is 5.21.